The van der Waals surface area contributed by atoms with Crippen LogP contribution < -0.4 is 15.5 Å². The number of carbonyl (C=O) groups is 2. The molecule has 1 atom stereocenters. The van der Waals surface area contributed by atoms with E-state index in [4.69, 9.17) is 0 Å². The Labute approximate surface area is 173 Å². The molecule has 2 aromatic rings. The summed E-state index contributed by atoms with van der Waals surface area (Å²) in [5.74, 6) is -4.89. The zero-order valence-corrected chi connectivity index (χ0v) is 17.6. The second kappa shape index (κ2) is 9.92. The molecule has 1 aromatic heterocycles. The summed E-state index contributed by atoms with van der Waals surface area (Å²) in [6.07, 6.45) is 0.948. The predicted molar refractivity (Wildman–Crippen MR) is 109 cm³/mol. The van der Waals surface area contributed by atoms with E-state index in [1.807, 2.05) is 26.1 Å². The SMILES string of the molecule is CC.CCCN(C(=O)NC=O)c1nn(C)c2cc(C3CCNCC3(F)F)c(F)cc12. The van der Waals surface area contributed by atoms with E-state index in [1.165, 1.54) is 15.6 Å². The number of rotatable bonds is 5. The quantitative estimate of drug-likeness (QED) is 0.716. The highest BCUT2D eigenvalue weighted by Gasteiger charge is 2.43. The van der Waals surface area contributed by atoms with E-state index in [9.17, 15) is 22.8 Å². The van der Waals surface area contributed by atoms with Crippen molar-refractivity contribution in [2.75, 3.05) is 24.5 Å². The first-order valence-corrected chi connectivity index (χ1v) is 10.1. The number of carbonyl (C=O) groups excluding carboxylic acids is 2. The summed E-state index contributed by atoms with van der Waals surface area (Å²) in [6.45, 7) is 5.97. The number of nitrogens with zero attached hydrogens (tertiary/aromatic N) is 3. The molecule has 1 aromatic carbocycles. The number of urea groups is 1. The molecule has 1 fully saturated rings. The molecule has 0 radical (unpaired) electrons. The van der Waals surface area contributed by atoms with Gasteiger partial charge in [-0.05, 0) is 37.1 Å². The summed E-state index contributed by atoms with van der Waals surface area (Å²) < 4.78 is 44.9. The fraction of sp³-hybridized carbons (Fsp3) is 0.550. The minimum absolute atomic E-state index is 0.0621. The summed E-state index contributed by atoms with van der Waals surface area (Å²) in [7, 11) is 1.59. The predicted octanol–water partition coefficient (Wildman–Crippen LogP) is 3.53. The first kappa shape index (κ1) is 23.7. The first-order valence-electron chi connectivity index (χ1n) is 10.1. The number of fused-ring (bicyclic) bond motifs is 1. The average Bonchev–Trinajstić information content (AvgIpc) is 3.02. The lowest BCUT2D eigenvalue weighted by Crippen LogP contribution is -2.44. The Bertz CT molecular complexity index is 900. The van der Waals surface area contributed by atoms with E-state index in [0.717, 1.165) is 6.07 Å². The number of hydrogen-bond donors (Lipinski definition) is 2. The molecule has 1 aliphatic heterocycles. The molecule has 0 aliphatic carbocycles. The number of imide groups is 1. The van der Waals surface area contributed by atoms with Crippen LogP contribution in [0.3, 0.4) is 0 Å². The van der Waals surface area contributed by atoms with Crippen LogP contribution in [-0.2, 0) is 11.8 Å². The van der Waals surface area contributed by atoms with Crippen molar-refractivity contribution in [1.29, 1.82) is 0 Å². The Morgan fingerprint density at radius 2 is 2.13 bits per heavy atom. The first-order chi connectivity index (χ1) is 14.3. The number of alkyl halides is 2. The molecule has 3 amide bonds. The molecule has 7 nitrogen and oxygen atoms in total. The van der Waals surface area contributed by atoms with E-state index in [-0.39, 0.29) is 30.8 Å². The molecule has 30 heavy (non-hydrogen) atoms. The molecular weight excluding hydrogens is 399 g/mol. The zero-order valence-electron chi connectivity index (χ0n) is 17.6. The van der Waals surface area contributed by atoms with Gasteiger partial charge in [-0.25, -0.2) is 18.0 Å². The third-order valence-corrected chi connectivity index (χ3v) is 4.94. The highest BCUT2D eigenvalue weighted by molar-refractivity contribution is 6.03. The standard InChI is InChI=1S/C18H22F3N5O2.C2H6/c1-3-6-26(17(28)23-10-27)16-12-7-14(19)11(8-15(12)25(2)24-16)13-4-5-22-9-18(13,20)21;1-2/h7-8,10,13,22H,3-6,9H2,1-2H3,(H,23,27,28);1-2H3. The van der Waals surface area contributed by atoms with Crippen LogP contribution in [0.25, 0.3) is 10.9 Å². The molecule has 3 rings (SSSR count). The van der Waals surface area contributed by atoms with Crippen molar-refractivity contribution in [3.63, 3.8) is 0 Å². The van der Waals surface area contributed by atoms with Crippen molar-refractivity contribution in [1.82, 2.24) is 20.4 Å². The highest BCUT2D eigenvalue weighted by atomic mass is 19.3. The molecule has 1 unspecified atom stereocenters. The smallest absolute Gasteiger partial charge is 0.311 e. The minimum atomic E-state index is -3.06. The van der Waals surface area contributed by atoms with Crippen molar-refractivity contribution >= 4 is 29.2 Å². The summed E-state index contributed by atoms with van der Waals surface area (Å²) in [5.41, 5.74) is 0.369. The molecule has 0 saturated carbocycles. The van der Waals surface area contributed by atoms with Crippen LogP contribution in [0.5, 0.6) is 0 Å². The number of piperidine rings is 1. The Hall–Kier alpha value is -2.62. The maximum atomic E-state index is 14.9. The van der Waals surface area contributed by atoms with Gasteiger partial charge in [-0.3, -0.25) is 19.7 Å². The molecular formula is C20H28F3N5O2. The van der Waals surface area contributed by atoms with Gasteiger partial charge in [-0.1, -0.05) is 20.8 Å². The van der Waals surface area contributed by atoms with Gasteiger partial charge in [-0.2, -0.15) is 5.10 Å². The van der Waals surface area contributed by atoms with Gasteiger partial charge in [0.05, 0.1) is 18.0 Å². The topological polar surface area (TPSA) is 79.3 Å². The molecule has 2 heterocycles. The maximum Gasteiger partial charge on any atom is 0.329 e. The number of aryl methyl sites for hydroxylation is 1. The fourth-order valence-corrected chi connectivity index (χ4v) is 3.62. The lowest BCUT2D eigenvalue weighted by atomic mass is 9.86. The van der Waals surface area contributed by atoms with Gasteiger partial charge < -0.3 is 5.32 Å². The van der Waals surface area contributed by atoms with Gasteiger partial charge in [0.25, 0.3) is 5.92 Å². The molecule has 10 heteroatoms. The fourth-order valence-electron chi connectivity index (χ4n) is 3.62. The average molecular weight is 427 g/mol. The van der Waals surface area contributed by atoms with Crippen LogP contribution in [0.2, 0.25) is 0 Å². The van der Waals surface area contributed by atoms with Crippen LogP contribution in [0.15, 0.2) is 12.1 Å². The van der Waals surface area contributed by atoms with Crippen molar-refractivity contribution in [2.24, 2.45) is 7.05 Å². The van der Waals surface area contributed by atoms with Crippen LogP contribution in [-0.4, -0.2) is 47.8 Å². The zero-order chi connectivity index (χ0) is 22.5. The maximum absolute atomic E-state index is 14.9. The van der Waals surface area contributed by atoms with Crippen molar-refractivity contribution in [2.45, 2.75) is 45.5 Å². The van der Waals surface area contributed by atoms with Crippen LogP contribution in [0.1, 0.15) is 45.1 Å². The van der Waals surface area contributed by atoms with Crippen LogP contribution >= 0.6 is 0 Å². The Morgan fingerprint density at radius 3 is 2.73 bits per heavy atom. The number of benzene rings is 1. The van der Waals surface area contributed by atoms with E-state index < -0.39 is 30.2 Å². The van der Waals surface area contributed by atoms with Gasteiger partial charge in [0.1, 0.15) is 5.82 Å². The Kier molecular flexibility index (Phi) is 7.83. The molecule has 0 spiro atoms. The van der Waals surface area contributed by atoms with Crippen LogP contribution in [0, 0.1) is 5.82 Å². The van der Waals surface area contributed by atoms with E-state index in [0.29, 0.717) is 23.9 Å². The molecule has 2 N–H and O–H groups in total. The normalized spacial score (nSPS) is 17.8. The van der Waals surface area contributed by atoms with E-state index >= 15 is 0 Å². The highest BCUT2D eigenvalue weighted by Crippen LogP contribution is 2.41. The number of amides is 3. The number of anilines is 1. The van der Waals surface area contributed by atoms with Crippen LogP contribution in [0.4, 0.5) is 23.8 Å². The lowest BCUT2D eigenvalue weighted by Gasteiger charge is -2.32. The third kappa shape index (κ3) is 4.58. The summed E-state index contributed by atoms with van der Waals surface area (Å²) in [6, 6.07) is 1.83. The number of hydrogen-bond acceptors (Lipinski definition) is 4. The Morgan fingerprint density at radius 1 is 1.43 bits per heavy atom. The van der Waals surface area contributed by atoms with Crippen molar-refractivity contribution < 1.29 is 22.8 Å². The monoisotopic (exact) mass is 427 g/mol. The van der Waals surface area contributed by atoms with Crippen molar-refractivity contribution in [3.05, 3.63) is 23.5 Å². The Balaban J connectivity index is 0.00000155. The van der Waals surface area contributed by atoms with Gasteiger partial charge >= 0.3 is 6.03 Å². The number of halogens is 3. The largest absolute Gasteiger partial charge is 0.329 e. The second-order valence-electron chi connectivity index (χ2n) is 6.84. The van der Waals surface area contributed by atoms with Crippen molar-refractivity contribution in [3.8, 4) is 0 Å². The van der Waals surface area contributed by atoms with E-state index in [1.54, 1.807) is 7.05 Å². The molecule has 1 aliphatic rings. The van der Waals surface area contributed by atoms with Gasteiger partial charge in [0.2, 0.25) is 6.41 Å². The third-order valence-electron chi connectivity index (χ3n) is 4.94. The summed E-state index contributed by atoms with van der Waals surface area (Å²) in [5, 5.41) is 9.27. The lowest BCUT2D eigenvalue weighted by molar-refractivity contribution is -0.108. The van der Waals surface area contributed by atoms with Gasteiger partial charge in [0, 0.05) is 19.0 Å². The molecule has 166 valence electrons. The summed E-state index contributed by atoms with van der Waals surface area (Å²) >= 11 is 0. The molecule has 1 saturated heterocycles. The second-order valence-corrected chi connectivity index (χ2v) is 6.84. The van der Waals surface area contributed by atoms with E-state index in [2.05, 4.69) is 10.4 Å². The van der Waals surface area contributed by atoms with Gasteiger partial charge in [0.15, 0.2) is 5.82 Å². The molecule has 0 bridgehead atoms. The minimum Gasteiger partial charge on any atom is -0.311 e. The number of nitrogens with one attached hydrogen (secondary N) is 2. The van der Waals surface area contributed by atoms with Gasteiger partial charge in [-0.15, -0.1) is 0 Å². The summed E-state index contributed by atoms with van der Waals surface area (Å²) in [4.78, 5) is 24.1. The number of aromatic nitrogens is 2.